The molecule has 33 heavy (non-hydrogen) atoms. The van der Waals surface area contributed by atoms with Crippen molar-refractivity contribution in [3.63, 3.8) is 0 Å². The molecule has 0 saturated heterocycles. The Balaban J connectivity index is 2.25. The molecule has 3 rings (SSSR count). The van der Waals surface area contributed by atoms with Gasteiger partial charge in [-0.15, -0.1) is 9.24 Å². The average Bonchev–Trinajstić information content (AvgIpc) is 3.16. The lowest BCUT2D eigenvalue weighted by Gasteiger charge is -2.43. The molecule has 2 aromatic rings. The molecule has 0 aromatic carbocycles. The van der Waals surface area contributed by atoms with Gasteiger partial charge in [0.2, 0.25) is 0 Å². The molecule has 2 heterocycles. The molecular weight excluding hydrogens is 454 g/mol. The maximum Gasteiger partial charge on any atom is 0.0728 e. The van der Waals surface area contributed by atoms with Gasteiger partial charge in [0.25, 0.3) is 0 Å². The van der Waals surface area contributed by atoms with Crippen LogP contribution in [0.3, 0.4) is 0 Å². The van der Waals surface area contributed by atoms with E-state index < -0.39 is 8.07 Å². The van der Waals surface area contributed by atoms with E-state index >= 15 is 0 Å². The zero-order valence-electron chi connectivity index (χ0n) is 22.0. The Morgan fingerprint density at radius 2 is 1.36 bits per heavy atom. The van der Waals surface area contributed by atoms with Crippen LogP contribution in [0.25, 0.3) is 0 Å². The van der Waals surface area contributed by atoms with Crippen molar-refractivity contribution in [3.05, 3.63) is 82.6 Å². The van der Waals surface area contributed by atoms with Gasteiger partial charge in [-0.05, 0) is 57.3 Å². The minimum Gasteiger partial charge on any atom is -0.264 e. The fourth-order valence-electron chi connectivity index (χ4n) is 5.03. The first kappa shape index (κ1) is 26.5. The third kappa shape index (κ3) is 5.75. The van der Waals surface area contributed by atoms with Crippen molar-refractivity contribution in [1.82, 2.24) is 9.97 Å². The topological polar surface area (TPSA) is 25.8 Å². The first-order valence-corrected chi connectivity index (χ1v) is 17.6. The second-order valence-electron chi connectivity index (χ2n) is 12.3. The third-order valence-electron chi connectivity index (χ3n) is 6.72. The zero-order chi connectivity index (χ0) is 24.7. The molecule has 1 aliphatic rings. The highest BCUT2D eigenvalue weighted by Crippen LogP contribution is 2.62. The molecule has 1 aliphatic carbocycles. The lowest BCUT2D eigenvalue weighted by atomic mass is 9.83. The van der Waals surface area contributed by atoms with Crippen LogP contribution in [-0.4, -0.2) is 34.5 Å². The predicted molar refractivity (Wildman–Crippen MR) is 153 cm³/mol. The van der Waals surface area contributed by atoms with Crippen LogP contribution in [0.4, 0.5) is 0 Å². The zero-order valence-corrected chi connectivity index (χ0v) is 25.1. The van der Waals surface area contributed by atoms with Gasteiger partial charge in [-0.3, -0.25) is 9.97 Å². The molecule has 2 nitrogen and oxygen atoms in total. The van der Waals surface area contributed by atoms with E-state index in [9.17, 15) is 0 Å². The number of rotatable bonds is 6. The summed E-state index contributed by atoms with van der Waals surface area (Å²) in [7, 11) is 1.55. The molecule has 1 unspecified atom stereocenters. The molecule has 0 fully saturated rings. The molecule has 0 radical (unpaired) electrons. The molecule has 0 bridgehead atoms. The third-order valence-corrected chi connectivity index (χ3v) is 13.9. The predicted octanol–water partition coefficient (Wildman–Crippen LogP) is 8.18. The highest BCUT2D eigenvalue weighted by atomic mass is 31.1. The Hall–Kier alpha value is -1.14. The van der Waals surface area contributed by atoms with Crippen LogP contribution in [0, 0.1) is 0 Å². The van der Waals surface area contributed by atoms with Gasteiger partial charge in [0, 0.05) is 24.8 Å². The van der Waals surface area contributed by atoms with E-state index in [1.807, 2.05) is 24.8 Å². The number of aromatic nitrogens is 2. The summed E-state index contributed by atoms with van der Waals surface area (Å²) in [5, 5.41) is 1.90. The second kappa shape index (κ2) is 9.48. The van der Waals surface area contributed by atoms with Crippen molar-refractivity contribution in [2.45, 2.75) is 83.1 Å². The molecule has 2 aromatic heterocycles. The minimum absolute atomic E-state index is 0.248. The summed E-state index contributed by atoms with van der Waals surface area (Å²) in [5.74, 6) is 0. The van der Waals surface area contributed by atoms with Crippen molar-refractivity contribution >= 4 is 25.2 Å². The minimum atomic E-state index is -1.45. The Morgan fingerprint density at radius 3 is 1.73 bits per heavy atom. The van der Waals surface area contributed by atoms with Crippen LogP contribution in [0.15, 0.2) is 71.5 Å². The number of hydrogen-bond donors (Lipinski definition) is 0. The van der Waals surface area contributed by atoms with Gasteiger partial charge in [-0.2, -0.15) is 0 Å². The van der Waals surface area contributed by atoms with Gasteiger partial charge in [-0.25, -0.2) is 0 Å². The highest BCUT2D eigenvalue weighted by Gasteiger charge is 2.42. The normalized spacial score (nSPS) is 15.9. The highest BCUT2D eigenvalue weighted by molar-refractivity contribution is 7.61. The van der Waals surface area contributed by atoms with Crippen LogP contribution in [0.1, 0.15) is 59.1 Å². The van der Waals surface area contributed by atoms with Crippen LogP contribution in [0.5, 0.6) is 0 Å². The van der Waals surface area contributed by atoms with Crippen LogP contribution in [-0.2, 0) is 5.16 Å². The van der Waals surface area contributed by atoms with E-state index in [0.29, 0.717) is 0 Å². The van der Waals surface area contributed by atoms with Gasteiger partial charge in [-0.1, -0.05) is 92.5 Å². The first-order valence-electron chi connectivity index (χ1n) is 12.0. The monoisotopic (exact) mass is 496 g/mol. The van der Waals surface area contributed by atoms with Crippen molar-refractivity contribution < 1.29 is 0 Å². The summed E-state index contributed by atoms with van der Waals surface area (Å²) in [4.78, 5) is 9.04. The molecule has 178 valence electrons. The first-order chi connectivity index (χ1) is 15.1. The SMILES string of the molecule is CC(C)(C)P(CC1=C(C(P)(c2cccnc2)c2cccnc2)CC([Si](C)(C)C)=C1)C(C)(C)C. The molecule has 0 spiro atoms. The van der Waals surface area contributed by atoms with Gasteiger partial charge < -0.3 is 0 Å². The number of hydrogen-bond acceptors (Lipinski definition) is 2. The standard InChI is InChI=1S/C28H42N2P2Si/c1-26(2,3)32(27(4,5)6)20-21-16-24(33(7,8)9)17-25(21)28(31,22-12-10-14-29-18-22)23-13-11-15-30-19-23/h10-16,18-19H,17,20,31H2,1-9H3. The molecule has 0 aliphatic heterocycles. The molecule has 0 amide bonds. The number of pyridine rings is 2. The lowest BCUT2D eigenvalue weighted by Crippen LogP contribution is -2.29. The summed E-state index contributed by atoms with van der Waals surface area (Å²) in [6, 6.07) is 8.56. The van der Waals surface area contributed by atoms with Crippen molar-refractivity contribution in [2.75, 3.05) is 6.16 Å². The number of nitrogens with zero attached hydrogens (tertiary/aromatic N) is 2. The van der Waals surface area contributed by atoms with Crippen molar-refractivity contribution in [3.8, 4) is 0 Å². The maximum atomic E-state index is 4.52. The average molecular weight is 497 g/mol. The smallest absolute Gasteiger partial charge is 0.0728 e. The lowest BCUT2D eigenvalue weighted by molar-refractivity contribution is 0.706. The summed E-state index contributed by atoms with van der Waals surface area (Å²) >= 11 is 0. The van der Waals surface area contributed by atoms with E-state index in [0.717, 1.165) is 12.6 Å². The van der Waals surface area contributed by atoms with E-state index in [1.54, 1.807) is 10.8 Å². The summed E-state index contributed by atoms with van der Waals surface area (Å²) in [5.41, 5.74) is 5.51. The van der Waals surface area contributed by atoms with E-state index in [4.69, 9.17) is 0 Å². The Morgan fingerprint density at radius 1 is 0.879 bits per heavy atom. The number of allylic oxidation sites excluding steroid dienone is 4. The van der Waals surface area contributed by atoms with E-state index in [2.05, 4.69) is 111 Å². The summed E-state index contributed by atoms with van der Waals surface area (Å²) < 4.78 is 0. The molecule has 5 heteroatoms. The van der Waals surface area contributed by atoms with Gasteiger partial charge in [0.05, 0.1) is 13.2 Å². The molecular formula is C28H42N2P2Si. The van der Waals surface area contributed by atoms with Crippen LogP contribution < -0.4 is 0 Å². The van der Waals surface area contributed by atoms with Crippen LogP contribution in [0.2, 0.25) is 19.6 Å². The Labute approximate surface area is 206 Å². The van der Waals surface area contributed by atoms with Crippen LogP contribution >= 0.6 is 17.2 Å². The largest absolute Gasteiger partial charge is 0.264 e. The van der Waals surface area contributed by atoms with E-state index in [1.165, 1.54) is 16.7 Å². The van der Waals surface area contributed by atoms with Crippen molar-refractivity contribution in [1.29, 1.82) is 0 Å². The molecule has 1 atom stereocenters. The van der Waals surface area contributed by atoms with Crippen molar-refractivity contribution in [2.24, 2.45) is 0 Å². The quantitative estimate of drug-likeness (QED) is 0.298. The van der Waals surface area contributed by atoms with E-state index in [-0.39, 0.29) is 23.4 Å². The Kier molecular flexibility index (Phi) is 7.60. The van der Waals surface area contributed by atoms with Gasteiger partial charge in [0.15, 0.2) is 0 Å². The molecule has 0 saturated carbocycles. The fraction of sp³-hybridized carbons (Fsp3) is 0.500. The van der Waals surface area contributed by atoms with Gasteiger partial charge >= 0.3 is 0 Å². The second-order valence-corrected chi connectivity index (χ2v) is 22.2. The Bertz CT molecular complexity index is 970. The van der Waals surface area contributed by atoms with Gasteiger partial charge in [0.1, 0.15) is 0 Å². The summed E-state index contributed by atoms with van der Waals surface area (Å²) in [6.45, 7) is 22.0. The fourth-order valence-corrected chi connectivity index (χ4v) is 10.6. The molecule has 0 N–H and O–H groups in total. The maximum absolute atomic E-state index is 4.52. The summed E-state index contributed by atoms with van der Waals surface area (Å²) in [6.07, 6.45) is 12.6.